The van der Waals surface area contributed by atoms with Crippen LogP contribution in [-0.4, -0.2) is 19.6 Å². The lowest BCUT2D eigenvalue weighted by molar-refractivity contribution is 0.688. The van der Waals surface area contributed by atoms with Crippen molar-refractivity contribution in [2.75, 3.05) is 25.0 Å². The molecule has 0 aromatic heterocycles. The van der Waals surface area contributed by atoms with Gasteiger partial charge in [-0.05, 0) is 31.2 Å². The highest BCUT2D eigenvalue weighted by atomic mass is 35.5. The summed E-state index contributed by atoms with van der Waals surface area (Å²) in [5, 5.41) is 15.8. The number of hydrogen-bond acceptors (Lipinski definition) is 3. The van der Waals surface area contributed by atoms with Gasteiger partial charge in [-0.25, -0.2) is 0 Å². The molecule has 0 bridgehead atoms. The van der Waals surface area contributed by atoms with Gasteiger partial charge in [0.1, 0.15) is 0 Å². The van der Waals surface area contributed by atoms with E-state index in [0.717, 1.165) is 31.7 Å². The van der Waals surface area contributed by atoms with Gasteiger partial charge in [0.2, 0.25) is 0 Å². The number of nitriles is 1. The molecule has 1 aromatic carbocycles. The van der Waals surface area contributed by atoms with Gasteiger partial charge >= 0.3 is 0 Å². The van der Waals surface area contributed by atoms with E-state index >= 15 is 0 Å². The summed E-state index contributed by atoms with van der Waals surface area (Å²) in [5.41, 5.74) is 1.46. The van der Waals surface area contributed by atoms with Crippen LogP contribution in [0.1, 0.15) is 18.9 Å². The first-order valence-electron chi connectivity index (χ1n) is 5.42. The molecule has 0 aliphatic heterocycles. The van der Waals surface area contributed by atoms with E-state index in [1.165, 1.54) is 0 Å². The molecule has 0 fully saturated rings. The monoisotopic (exact) mass is 237 g/mol. The Kier molecular flexibility index (Phi) is 5.69. The van der Waals surface area contributed by atoms with E-state index in [2.05, 4.69) is 23.6 Å². The molecule has 2 N–H and O–H groups in total. The second kappa shape index (κ2) is 7.10. The first-order valence-corrected chi connectivity index (χ1v) is 5.80. The number of anilines is 1. The van der Waals surface area contributed by atoms with Gasteiger partial charge in [-0.15, -0.1) is 0 Å². The van der Waals surface area contributed by atoms with Gasteiger partial charge in [0, 0.05) is 13.1 Å². The summed E-state index contributed by atoms with van der Waals surface area (Å²) < 4.78 is 0. The van der Waals surface area contributed by atoms with Crippen molar-refractivity contribution in [2.24, 2.45) is 0 Å². The lowest BCUT2D eigenvalue weighted by Crippen LogP contribution is -2.22. The van der Waals surface area contributed by atoms with Crippen LogP contribution >= 0.6 is 11.6 Å². The van der Waals surface area contributed by atoms with E-state index in [9.17, 15) is 0 Å². The zero-order valence-electron chi connectivity index (χ0n) is 9.39. The largest absolute Gasteiger partial charge is 0.383 e. The molecule has 0 saturated carbocycles. The van der Waals surface area contributed by atoms with Gasteiger partial charge in [-0.3, -0.25) is 0 Å². The third-order valence-electron chi connectivity index (χ3n) is 2.14. The van der Waals surface area contributed by atoms with Gasteiger partial charge in [0.25, 0.3) is 0 Å². The van der Waals surface area contributed by atoms with Crippen LogP contribution in [0.4, 0.5) is 5.69 Å². The Hall–Kier alpha value is -1.24. The third-order valence-corrected chi connectivity index (χ3v) is 2.45. The fraction of sp³-hybridized carbons (Fsp3) is 0.417. The topological polar surface area (TPSA) is 47.8 Å². The minimum atomic E-state index is 0.583. The molecular weight excluding hydrogens is 222 g/mol. The summed E-state index contributed by atoms with van der Waals surface area (Å²) in [7, 11) is 0. The maximum atomic E-state index is 8.69. The normalized spacial score (nSPS) is 9.81. The third kappa shape index (κ3) is 4.09. The Morgan fingerprint density at radius 2 is 2.12 bits per heavy atom. The molecule has 4 heteroatoms. The van der Waals surface area contributed by atoms with Crippen molar-refractivity contribution in [3.05, 3.63) is 28.8 Å². The highest BCUT2D eigenvalue weighted by Gasteiger charge is 2.00. The van der Waals surface area contributed by atoms with E-state index in [4.69, 9.17) is 16.9 Å². The second-order valence-electron chi connectivity index (χ2n) is 3.48. The highest BCUT2D eigenvalue weighted by Crippen LogP contribution is 2.22. The molecule has 0 aliphatic carbocycles. The average molecular weight is 238 g/mol. The van der Waals surface area contributed by atoms with E-state index < -0.39 is 0 Å². The highest BCUT2D eigenvalue weighted by molar-refractivity contribution is 6.33. The smallest absolute Gasteiger partial charge is 0.0992 e. The van der Waals surface area contributed by atoms with Gasteiger partial charge in [-0.1, -0.05) is 18.5 Å². The fourth-order valence-corrected chi connectivity index (χ4v) is 1.56. The van der Waals surface area contributed by atoms with Crippen molar-refractivity contribution in [2.45, 2.75) is 13.3 Å². The van der Waals surface area contributed by atoms with Gasteiger partial charge < -0.3 is 10.6 Å². The van der Waals surface area contributed by atoms with Crippen molar-refractivity contribution >= 4 is 17.3 Å². The molecule has 3 nitrogen and oxygen atoms in total. The Bertz CT molecular complexity index is 371. The molecule has 0 saturated heterocycles. The molecule has 0 radical (unpaired) electrons. The van der Waals surface area contributed by atoms with Gasteiger partial charge in [-0.2, -0.15) is 5.26 Å². The Balaban J connectivity index is 2.40. The molecule has 86 valence electrons. The van der Waals surface area contributed by atoms with Crippen LogP contribution < -0.4 is 10.6 Å². The van der Waals surface area contributed by atoms with Gasteiger partial charge in [0.05, 0.1) is 22.3 Å². The lowest BCUT2D eigenvalue weighted by Gasteiger charge is -2.08. The van der Waals surface area contributed by atoms with Crippen LogP contribution in [0.25, 0.3) is 0 Å². The van der Waals surface area contributed by atoms with Gasteiger partial charge in [0.15, 0.2) is 0 Å². The summed E-state index contributed by atoms with van der Waals surface area (Å²) in [6.07, 6.45) is 1.14. The Morgan fingerprint density at radius 3 is 2.75 bits per heavy atom. The zero-order chi connectivity index (χ0) is 11.8. The first kappa shape index (κ1) is 12.8. The predicted octanol–water partition coefficient (Wildman–Crippen LogP) is 2.62. The van der Waals surface area contributed by atoms with Crippen LogP contribution in [0.2, 0.25) is 5.02 Å². The number of nitrogens with one attached hydrogen (secondary N) is 2. The molecular formula is C12H16ClN3. The predicted molar refractivity (Wildman–Crippen MR) is 67.8 cm³/mol. The first-order chi connectivity index (χ1) is 7.77. The quantitative estimate of drug-likeness (QED) is 0.748. The fourth-order valence-electron chi connectivity index (χ4n) is 1.32. The minimum Gasteiger partial charge on any atom is -0.383 e. The number of rotatable bonds is 6. The summed E-state index contributed by atoms with van der Waals surface area (Å²) in [6.45, 7) is 4.90. The molecule has 0 atom stereocenters. The number of hydrogen-bond donors (Lipinski definition) is 2. The molecule has 0 aliphatic rings. The molecule has 0 amide bonds. The maximum Gasteiger partial charge on any atom is 0.0992 e. The van der Waals surface area contributed by atoms with Crippen molar-refractivity contribution < 1.29 is 0 Å². The van der Waals surface area contributed by atoms with E-state index in [1.807, 2.05) is 6.07 Å². The Morgan fingerprint density at radius 1 is 1.31 bits per heavy atom. The SMILES string of the molecule is CCCNCCNc1ccc(C#N)cc1Cl. The molecule has 0 spiro atoms. The summed E-state index contributed by atoms with van der Waals surface area (Å²) in [5.74, 6) is 0. The van der Waals surface area contributed by atoms with Crippen molar-refractivity contribution in [3.63, 3.8) is 0 Å². The molecule has 16 heavy (non-hydrogen) atoms. The molecule has 0 heterocycles. The molecule has 1 aromatic rings. The van der Waals surface area contributed by atoms with Crippen LogP contribution in [0.15, 0.2) is 18.2 Å². The number of halogens is 1. The van der Waals surface area contributed by atoms with Crippen molar-refractivity contribution in [3.8, 4) is 6.07 Å². The summed E-state index contributed by atoms with van der Waals surface area (Å²) in [6, 6.07) is 7.32. The van der Waals surface area contributed by atoms with Crippen LogP contribution in [-0.2, 0) is 0 Å². The number of nitrogens with zero attached hydrogens (tertiary/aromatic N) is 1. The summed E-state index contributed by atoms with van der Waals surface area (Å²) >= 11 is 6.01. The van der Waals surface area contributed by atoms with Crippen LogP contribution in [0, 0.1) is 11.3 Å². The minimum absolute atomic E-state index is 0.583. The average Bonchev–Trinajstić information content (AvgIpc) is 2.30. The van der Waals surface area contributed by atoms with Crippen LogP contribution in [0.5, 0.6) is 0 Å². The molecule has 0 unspecified atom stereocenters. The molecule has 1 rings (SSSR count). The lowest BCUT2D eigenvalue weighted by atomic mass is 10.2. The Labute approximate surface area is 101 Å². The van der Waals surface area contributed by atoms with E-state index in [-0.39, 0.29) is 0 Å². The van der Waals surface area contributed by atoms with E-state index in [0.29, 0.717) is 10.6 Å². The number of benzene rings is 1. The maximum absolute atomic E-state index is 8.69. The van der Waals surface area contributed by atoms with E-state index in [1.54, 1.807) is 12.1 Å². The second-order valence-corrected chi connectivity index (χ2v) is 3.89. The van der Waals surface area contributed by atoms with Crippen LogP contribution in [0.3, 0.4) is 0 Å². The standard InChI is InChI=1S/C12H16ClN3/c1-2-5-15-6-7-16-12-4-3-10(9-14)8-11(12)13/h3-4,8,15-16H,2,5-7H2,1H3. The van der Waals surface area contributed by atoms with Crippen molar-refractivity contribution in [1.29, 1.82) is 5.26 Å². The zero-order valence-corrected chi connectivity index (χ0v) is 10.1. The van der Waals surface area contributed by atoms with Crippen molar-refractivity contribution in [1.82, 2.24) is 5.32 Å². The summed E-state index contributed by atoms with van der Waals surface area (Å²) in [4.78, 5) is 0.